The van der Waals surface area contributed by atoms with Gasteiger partial charge >= 0.3 is 27.6 Å². The van der Waals surface area contributed by atoms with E-state index >= 15 is 0 Å². The number of hydrogen-bond donors (Lipinski definition) is 7. The van der Waals surface area contributed by atoms with Crippen LogP contribution >= 0.6 is 15.6 Å². The van der Waals surface area contributed by atoms with Crippen molar-refractivity contribution in [3.63, 3.8) is 0 Å². The van der Waals surface area contributed by atoms with Crippen LogP contribution < -0.4 is 0 Å². The first-order valence-electron chi connectivity index (χ1n) is 24.4. The Hall–Kier alpha value is -1.30. The first kappa shape index (κ1) is 58.8. The number of rotatable bonds is 40. The number of aliphatic hydroxyl groups is 4. The highest BCUT2D eigenvalue weighted by Crippen LogP contribution is 2.49. The molecule has 19 heteroatoms. The van der Waals surface area contributed by atoms with Crippen LogP contribution in [-0.2, 0) is 46.5 Å². The minimum atomic E-state index is -5.36. The first-order valence-corrected chi connectivity index (χ1v) is 27.4. The number of unbranched alkanes of at least 4 members (excludes halogenated alkanes) is 21. The summed E-state index contributed by atoms with van der Waals surface area (Å²) in [6.07, 6.45) is 19.0. The van der Waals surface area contributed by atoms with Gasteiger partial charge in [0, 0.05) is 12.8 Å². The number of esters is 2. The van der Waals surface area contributed by atoms with Crippen LogP contribution in [-0.4, -0.2) is 115 Å². The molecule has 1 saturated heterocycles. The molecule has 64 heavy (non-hydrogen) atoms. The lowest BCUT2D eigenvalue weighted by Gasteiger charge is -2.43. The number of epoxide rings is 1. The lowest BCUT2D eigenvalue weighted by molar-refractivity contribution is -0.216. The fourth-order valence-electron chi connectivity index (χ4n) is 7.86. The molecule has 1 heterocycles. The molecule has 2 aliphatic rings. The molecule has 2 rings (SSSR count). The molecule has 0 spiro atoms. The number of hydrogen-bond acceptors (Lipinski definition) is 14. The average molecular weight is 959 g/mol. The van der Waals surface area contributed by atoms with Crippen molar-refractivity contribution in [1.82, 2.24) is 0 Å². The van der Waals surface area contributed by atoms with Gasteiger partial charge in [-0.1, -0.05) is 154 Å². The molecule has 1 saturated carbocycles. The maximum atomic E-state index is 13.0. The van der Waals surface area contributed by atoms with Crippen molar-refractivity contribution in [2.45, 2.75) is 249 Å². The van der Waals surface area contributed by atoms with Gasteiger partial charge in [-0.2, -0.15) is 0 Å². The van der Waals surface area contributed by atoms with E-state index in [2.05, 4.69) is 30.5 Å². The van der Waals surface area contributed by atoms with Gasteiger partial charge in [-0.25, -0.2) is 9.13 Å². The van der Waals surface area contributed by atoms with Crippen LogP contribution in [0.3, 0.4) is 0 Å². The van der Waals surface area contributed by atoms with Gasteiger partial charge in [0.05, 0.1) is 18.8 Å². The summed E-state index contributed by atoms with van der Waals surface area (Å²) in [4.78, 5) is 54.3. The van der Waals surface area contributed by atoms with Crippen LogP contribution in [0.5, 0.6) is 0 Å². The highest BCUT2D eigenvalue weighted by molar-refractivity contribution is 7.47. The Labute approximate surface area is 382 Å². The zero-order valence-electron chi connectivity index (χ0n) is 38.7. The second kappa shape index (κ2) is 34.1. The Morgan fingerprint density at radius 1 is 0.562 bits per heavy atom. The smallest absolute Gasteiger partial charge is 0.462 e. The van der Waals surface area contributed by atoms with E-state index in [-0.39, 0.29) is 12.8 Å². The van der Waals surface area contributed by atoms with Gasteiger partial charge < -0.3 is 49.3 Å². The molecule has 0 radical (unpaired) electrons. The van der Waals surface area contributed by atoms with E-state index in [0.717, 1.165) is 70.6 Å². The lowest BCUT2D eigenvalue weighted by Crippen LogP contribution is -2.64. The van der Waals surface area contributed by atoms with Crippen molar-refractivity contribution in [2.75, 3.05) is 13.2 Å². The Balaban J connectivity index is 1.78. The minimum Gasteiger partial charge on any atom is -0.462 e. The van der Waals surface area contributed by atoms with Crippen molar-refractivity contribution in [3.8, 4) is 0 Å². The topological polar surface area (TPSA) is 269 Å². The predicted octanol–water partition coefficient (Wildman–Crippen LogP) is 8.16. The van der Waals surface area contributed by atoms with Crippen LogP contribution in [0, 0.1) is 0 Å². The minimum absolute atomic E-state index is 0.0430. The normalized spacial score (nSPS) is 25.0. The Bertz CT molecular complexity index is 1360. The van der Waals surface area contributed by atoms with Gasteiger partial charge in [0.2, 0.25) is 0 Å². The molecule has 7 N–H and O–H groups in total. The van der Waals surface area contributed by atoms with E-state index in [1.165, 1.54) is 83.5 Å². The summed E-state index contributed by atoms with van der Waals surface area (Å²) >= 11 is 0. The average Bonchev–Trinajstić information content (AvgIpc) is 4.01. The number of ether oxygens (including phenoxy) is 3. The van der Waals surface area contributed by atoms with E-state index in [1.807, 2.05) is 0 Å². The van der Waals surface area contributed by atoms with E-state index in [1.54, 1.807) is 0 Å². The molecule has 2 fully saturated rings. The fraction of sp³-hybridized carbons (Fsp3) is 0.911. The van der Waals surface area contributed by atoms with E-state index < -0.39 is 83.5 Å². The highest BCUT2D eigenvalue weighted by Gasteiger charge is 2.54. The summed E-state index contributed by atoms with van der Waals surface area (Å²) in [7, 11) is -10.7. The first-order chi connectivity index (χ1) is 30.6. The number of phosphoric acid groups is 2. The van der Waals surface area contributed by atoms with Gasteiger partial charge in [-0.3, -0.25) is 23.2 Å². The van der Waals surface area contributed by atoms with E-state index in [4.69, 9.17) is 23.3 Å². The Morgan fingerprint density at radius 3 is 1.59 bits per heavy atom. The Kier molecular flexibility index (Phi) is 31.3. The monoisotopic (exact) mass is 959 g/mol. The second-order valence-corrected chi connectivity index (χ2v) is 20.2. The third kappa shape index (κ3) is 27.5. The molecular formula is C45H84O17P2. The molecular weight excluding hydrogens is 874 g/mol. The third-order valence-electron chi connectivity index (χ3n) is 11.8. The largest absolute Gasteiger partial charge is 0.472 e. The van der Waals surface area contributed by atoms with E-state index in [0.29, 0.717) is 25.0 Å². The molecule has 1 aliphatic carbocycles. The maximum Gasteiger partial charge on any atom is 0.472 e. The molecule has 0 aromatic carbocycles. The summed E-state index contributed by atoms with van der Waals surface area (Å²) in [5.41, 5.74) is 0. The fourth-order valence-corrected chi connectivity index (χ4v) is 9.40. The van der Waals surface area contributed by atoms with Gasteiger partial charge in [0.15, 0.2) is 6.10 Å². The molecule has 1 aliphatic heterocycles. The van der Waals surface area contributed by atoms with Crippen LogP contribution in [0.15, 0.2) is 12.2 Å². The van der Waals surface area contributed by atoms with Crippen molar-refractivity contribution >= 4 is 27.6 Å². The quantitative estimate of drug-likeness (QED) is 0.0100. The second-order valence-electron chi connectivity index (χ2n) is 17.6. The van der Waals surface area contributed by atoms with Crippen molar-refractivity contribution < 1.29 is 81.6 Å². The summed E-state index contributed by atoms with van der Waals surface area (Å²) in [5, 5.41) is 41.3. The van der Waals surface area contributed by atoms with Crippen LogP contribution in [0.2, 0.25) is 0 Å². The maximum absolute atomic E-state index is 13.0. The van der Waals surface area contributed by atoms with Crippen LogP contribution in [0.4, 0.5) is 0 Å². The van der Waals surface area contributed by atoms with E-state index in [9.17, 15) is 53.8 Å². The van der Waals surface area contributed by atoms with Gasteiger partial charge in [-0.15, -0.1) is 0 Å². The predicted molar refractivity (Wildman–Crippen MR) is 241 cm³/mol. The molecule has 0 aromatic heterocycles. The standard InChI is InChI=1S/C45H84O17P2/c1-3-5-7-9-11-12-13-14-15-16-17-18-19-23-28-32-39(47)59-35(34-58-64(55,56)62-45-42(50)40(48)41(49)44(43(45)51)61-63(52,53)54)33-57-38(46)31-27-24-20-22-26-30-37-36(60-37)29-25-21-10-8-6-4-2/h21,25,35-37,40-45,48-51H,3-20,22-24,26-34H2,1-2H3,(H,55,56)(H2,52,53,54)/b25-21-/t35-,36?,37?,40?,41?,42?,43?,44-,45+/m1/s1. The van der Waals surface area contributed by atoms with Crippen LogP contribution in [0.1, 0.15) is 194 Å². The number of aliphatic hydroxyl groups excluding tert-OH is 4. The zero-order chi connectivity index (χ0) is 47.2. The zero-order valence-corrected chi connectivity index (χ0v) is 40.5. The molecule has 0 bridgehead atoms. The van der Waals surface area contributed by atoms with Gasteiger partial charge in [-0.05, 0) is 38.5 Å². The SMILES string of the molecule is CCCCC/C=C\CC1OC1CCCCCCCC(=O)OC[C@H](COP(=O)(O)O[C@H]1C(O)C(O)C(O)[C@@H](OP(=O)(O)O)C1O)OC(=O)CCCCCCCCCCCCCCCCC. The Morgan fingerprint density at radius 2 is 1.05 bits per heavy atom. The van der Waals surface area contributed by atoms with Gasteiger partial charge in [0.25, 0.3) is 0 Å². The number of carbonyl (C=O) groups is 2. The molecule has 0 aromatic rings. The number of allylic oxidation sites excluding steroid dienone is 1. The molecule has 0 amide bonds. The molecule has 17 nitrogen and oxygen atoms in total. The molecule has 7 unspecified atom stereocenters. The molecule has 10 atom stereocenters. The lowest BCUT2D eigenvalue weighted by atomic mass is 9.85. The highest BCUT2D eigenvalue weighted by atomic mass is 31.2. The number of phosphoric ester groups is 2. The summed E-state index contributed by atoms with van der Waals surface area (Å²) in [6, 6.07) is 0. The summed E-state index contributed by atoms with van der Waals surface area (Å²) in [5.74, 6) is -1.22. The third-order valence-corrected chi connectivity index (χ3v) is 13.3. The number of carbonyl (C=O) groups excluding carboxylic acids is 2. The van der Waals surface area contributed by atoms with Crippen molar-refractivity contribution in [2.24, 2.45) is 0 Å². The van der Waals surface area contributed by atoms with Gasteiger partial charge in [0.1, 0.15) is 43.2 Å². The summed E-state index contributed by atoms with van der Waals surface area (Å²) < 4.78 is 55.2. The summed E-state index contributed by atoms with van der Waals surface area (Å²) in [6.45, 7) is 3.07. The molecule has 376 valence electrons. The van der Waals surface area contributed by atoms with Crippen molar-refractivity contribution in [1.29, 1.82) is 0 Å². The van der Waals surface area contributed by atoms with Crippen molar-refractivity contribution in [3.05, 3.63) is 12.2 Å². The van der Waals surface area contributed by atoms with Crippen LogP contribution in [0.25, 0.3) is 0 Å².